The third-order valence-electron chi connectivity index (χ3n) is 3.44. The number of hydrogen-bond acceptors (Lipinski definition) is 5. The summed E-state index contributed by atoms with van der Waals surface area (Å²) >= 11 is 1.78. The maximum atomic E-state index is 12.0. The molecular weight excluding hydrogens is 298 g/mol. The summed E-state index contributed by atoms with van der Waals surface area (Å²) in [6.45, 7) is 13.3. The second-order valence-electron chi connectivity index (χ2n) is 7.66. The Balaban J connectivity index is 2.42. The van der Waals surface area contributed by atoms with Crippen LogP contribution in [0, 0.1) is 5.41 Å². The van der Waals surface area contributed by atoms with Crippen molar-refractivity contribution in [2.75, 3.05) is 12.8 Å². The van der Waals surface area contributed by atoms with E-state index in [0.29, 0.717) is 36.4 Å². The molecule has 6 heteroatoms. The van der Waals surface area contributed by atoms with Crippen LogP contribution in [0.15, 0.2) is 4.52 Å². The van der Waals surface area contributed by atoms with Gasteiger partial charge < -0.3 is 9.84 Å². The summed E-state index contributed by atoms with van der Waals surface area (Å²) in [5, 5.41) is 7.36. The van der Waals surface area contributed by atoms with Crippen LogP contribution < -0.4 is 5.32 Å². The predicted octanol–water partition coefficient (Wildman–Crippen LogP) is 3.19. The molecule has 1 rings (SSSR count). The first-order valence-electron chi connectivity index (χ1n) is 7.66. The minimum absolute atomic E-state index is 0.0267. The lowest BCUT2D eigenvalue weighted by atomic mass is 9.91. The number of nitrogens with zero attached hydrogens (tertiary/aromatic N) is 2. The van der Waals surface area contributed by atoms with Crippen LogP contribution in [0.4, 0.5) is 0 Å². The van der Waals surface area contributed by atoms with E-state index in [9.17, 15) is 4.79 Å². The van der Waals surface area contributed by atoms with Crippen molar-refractivity contribution < 1.29 is 9.32 Å². The van der Waals surface area contributed by atoms with E-state index in [4.69, 9.17) is 4.52 Å². The van der Waals surface area contributed by atoms with Crippen molar-refractivity contribution in [2.45, 2.75) is 65.0 Å². The fourth-order valence-corrected chi connectivity index (χ4v) is 2.88. The molecule has 1 aromatic heterocycles. The highest BCUT2D eigenvalue weighted by Gasteiger charge is 2.24. The van der Waals surface area contributed by atoms with Crippen LogP contribution in [-0.2, 0) is 16.6 Å². The minimum atomic E-state index is -0.137. The van der Waals surface area contributed by atoms with Crippen LogP contribution in [-0.4, -0.2) is 34.1 Å². The summed E-state index contributed by atoms with van der Waals surface area (Å²) in [5.74, 6) is 1.23. The molecule has 1 atom stereocenters. The highest BCUT2D eigenvalue weighted by molar-refractivity contribution is 7.99. The Morgan fingerprint density at radius 1 is 1.27 bits per heavy atom. The smallest absolute Gasteiger partial charge is 0.227 e. The van der Waals surface area contributed by atoms with Crippen LogP contribution in [0.25, 0.3) is 0 Å². The predicted molar refractivity (Wildman–Crippen MR) is 91.1 cm³/mol. The highest BCUT2D eigenvalue weighted by Crippen LogP contribution is 2.28. The zero-order valence-electron chi connectivity index (χ0n) is 14.8. The third-order valence-corrected chi connectivity index (χ3v) is 4.88. The molecule has 0 aliphatic carbocycles. The van der Waals surface area contributed by atoms with Gasteiger partial charge in [-0.2, -0.15) is 16.7 Å². The average molecular weight is 327 g/mol. The standard InChI is InChI=1S/C16H29N3O2S/c1-15(2,3)11(22-7)10-17-12(20)8-9-13-18-14(19-21-13)16(4,5)6/h11H,8-10H2,1-7H3,(H,17,20). The molecule has 0 spiro atoms. The molecule has 0 fully saturated rings. The van der Waals surface area contributed by atoms with Gasteiger partial charge in [0.05, 0.1) is 0 Å². The molecule has 1 heterocycles. The number of carbonyl (C=O) groups excluding carboxylic acids is 1. The fraction of sp³-hybridized carbons (Fsp3) is 0.812. The molecule has 1 unspecified atom stereocenters. The lowest BCUT2D eigenvalue weighted by molar-refractivity contribution is -0.121. The number of hydrogen-bond donors (Lipinski definition) is 1. The summed E-state index contributed by atoms with van der Waals surface area (Å²) in [6, 6.07) is 0. The van der Waals surface area contributed by atoms with Gasteiger partial charge in [-0.05, 0) is 11.7 Å². The highest BCUT2D eigenvalue weighted by atomic mass is 32.2. The normalized spacial score (nSPS) is 14.0. The molecule has 1 amide bonds. The molecule has 5 nitrogen and oxygen atoms in total. The van der Waals surface area contributed by atoms with Crippen LogP contribution in [0.5, 0.6) is 0 Å². The number of rotatable bonds is 6. The summed E-state index contributed by atoms with van der Waals surface area (Å²) in [6.07, 6.45) is 2.93. The minimum Gasteiger partial charge on any atom is -0.355 e. The van der Waals surface area contributed by atoms with Crippen LogP contribution in [0.1, 0.15) is 59.7 Å². The van der Waals surface area contributed by atoms with Crippen LogP contribution in [0.2, 0.25) is 0 Å². The van der Waals surface area contributed by atoms with Crippen molar-refractivity contribution in [1.82, 2.24) is 15.5 Å². The van der Waals surface area contributed by atoms with Gasteiger partial charge in [-0.15, -0.1) is 0 Å². The van der Waals surface area contributed by atoms with E-state index >= 15 is 0 Å². The Hall–Kier alpha value is -1.04. The van der Waals surface area contributed by atoms with E-state index in [2.05, 4.69) is 42.5 Å². The monoisotopic (exact) mass is 327 g/mol. The van der Waals surface area contributed by atoms with E-state index in [-0.39, 0.29) is 16.7 Å². The summed E-state index contributed by atoms with van der Waals surface area (Å²) in [7, 11) is 0. The second-order valence-corrected chi connectivity index (χ2v) is 8.70. The number of nitrogens with one attached hydrogen (secondary N) is 1. The van der Waals surface area contributed by atoms with Crippen molar-refractivity contribution in [3.8, 4) is 0 Å². The van der Waals surface area contributed by atoms with Crippen LogP contribution >= 0.6 is 11.8 Å². The van der Waals surface area contributed by atoms with E-state index in [1.807, 2.05) is 20.8 Å². The first kappa shape index (κ1) is 19.0. The molecule has 126 valence electrons. The van der Waals surface area contributed by atoms with Gasteiger partial charge in [-0.25, -0.2) is 0 Å². The molecule has 1 N–H and O–H groups in total. The molecule has 0 radical (unpaired) electrons. The van der Waals surface area contributed by atoms with Gasteiger partial charge in [0.1, 0.15) is 0 Å². The Morgan fingerprint density at radius 3 is 2.36 bits per heavy atom. The maximum absolute atomic E-state index is 12.0. The fourth-order valence-electron chi connectivity index (χ4n) is 1.92. The molecule has 22 heavy (non-hydrogen) atoms. The first-order chi connectivity index (χ1) is 10.0. The molecule has 0 aliphatic rings. The Morgan fingerprint density at radius 2 is 1.91 bits per heavy atom. The Bertz CT molecular complexity index is 486. The van der Waals surface area contributed by atoms with Crippen molar-refractivity contribution in [2.24, 2.45) is 5.41 Å². The first-order valence-corrected chi connectivity index (χ1v) is 8.95. The molecule has 0 saturated heterocycles. The lowest BCUT2D eigenvalue weighted by Gasteiger charge is -2.29. The number of amides is 1. The number of aryl methyl sites for hydroxylation is 1. The van der Waals surface area contributed by atoms with E-state index < -0.39 is 0 Å². The number of carbonyl (C=O) groups is 1. The third kappa shape index (κ3) is 5.99. The zero-order chi connectivity index (χ0) is 17.0. The molecule has 0 saturated carbocycles. The zero-order valence-corrected chi connectivity index (χ0v) is 15.6. The molecule has 0 bridgehead atoms. The quantitative estimate of drug-likeness (QED) is 0.869. The number of aromatic nitrogens is 2. The van der Waals surface area contributed by atoms with Gasteiger partial charge in [-0.3, -0.25) is 4.79 Å². The van der Waals surface area contributed by atoms with E-state index in [0.717, 1.165) is 0 Å². The Kier molecular flexibility index (Phi) is 6.47. The van der Waals surface area contributed by atoms with Crippen molar-refractivity contribution in [3.63, 3.8) is 0 Å². The van der Waals surface area contributed by atoms with E-state index in [1.54, 1.807) is 11.8 Å². The lowest BCUT2D eigenvalue weighted by Crippen LogP contribution is -2.37. The molecule has 0 aliphatic heterocycles. The van der Waals surface area contributed by atoms with Crippen molar-refractivity contribution >= 4 is 17.7 Å². The molecule has 1 aromatic rings. The number of thioether (sulfide) groups is 1. The SMILES string of the molecule is CSC(CNC(=O)CCc1nc(C(C)(C)C)no1)C(C)(C)C. The van der Waals surface area contributed by atoms with Gasteiger partial charge in [0.15, 0.2) is 5.82 Å². The van der Waals surface area contributed by atoms with Gasteiger partial charge in [0, 0.05) is 30.1 Å². The molecular formula is C16H29N3O2S. The summed E-state index contributed by atoms with van der Waals surface area (Å²) in [5.41, 5.74) is 0.0308. The largest absolute Gasteiger partial charge is 0.355 e. The van der Waals surface area contributed by atoms with Crippen molar-refractivity contribution in [3.05, 3.63) is 11.7 Å². The van der Waals surface area contributed by atoms with E-state index in [1.165, 1.54) is 0 Å². The van der Waals surface area contributed by atoms with Gasteiger partial charge in [-0.1, -0.05) is 46.7 Å². The maximum Gasteiger partial charge on any atom is 0.227 e. The summed E-state index contributed by atoms with van der Waals surface area (Å²) < 4.78 is 5.20. The topological polar surface area (TPSA) is 68.0 Å². The second kappa shape index (κ2) is 7.49. The summed E-state index contributed by atoms with van der Waals surface area (Å²) in [4.78, 5) is 16.3. The average Bonchev–Trinajstić information content (AvgIpc) is 2.84. The Labute approximate surface area is 138 Å². The molecule has 0 aromatic carbocycles. The van der Waals surface area contributed by atoms with Gasteiger partial charge in [0.25, 0.3) is 0 Å². The van der Waals surface area contributed by atoms with Gasteiger partial charge in [0.2, 0.25) is 11.8 Å². The van der Waals surface area contributed by atoms with Crippen LogP contribution in [0.3, 0.4) is 0 Å². The van der Waals surface area contributed by atoms with Crippen molar-refractivity contribution in [1.29, 1.82) is 0 Å². The van der Waals surface area contributed by atoms with Gasteiger partial charge >= 0.3 is 0 Å².